The average Bonchev–Trinajstić information content (AvgIpc) is 2.80. The van der Waals surface area contributed by atoms with Crippen LogP contribution in [-0.2, 0) is 11.3 Å². The highest BCUT2D eigenvalue weighted by Gasteiger charge is 2.26. The third-order valence-electron chi connectivity index (χ3n) is 4.64. The minimum atomic E-state index is -0.717. The summed E-state index contributed by atoms with van der Waals surface area (Å²) in [5.74, 6) is -0.782. The Morgan fingerprint density at radius 3 is 2.70 bits per heavy atom. The number of nitro benzene ring substituents is 1. The summed E-state index contributed by atoms with van der Waals surface area (Å²) in [6.45, 7) is 2.02. The van der Waals surface area contributed by atoms with Crippen molar-refractivity contribution in [3.63, 3.8) is 0 Å². The first-order valence-electron chi connectivity index (χ1n) is 9.94. The smallest absolute Gasteiger partial charge is 0.285 e. The van der Waals surface area contributed by atoms with Crippen LogP contribution in [0, 0.1) is 22.9 Å². The Morgan fingerprint density at radius 2 is 1.97 bits per heavy atom. The van der Waals surface area contributed by atoms with Crippen LogP contribution < -0.4 is 14.8 Å². The number of anilines is 1. The van der Waals surface area contributed by atoms with Gasteiger partial charge in [0.15, 0.2) is 5.56 Å². The highest BCUT2D eigenvalue weighted by molar-refractivity contribution is 6.09. The van der Waals surface area contributed by atoms with E-state index < -0.39 is 22.3 Å². The van der Waals surface area contributed by atoms with Crippen molar-refractivity contribution in [3.8, 4) is 11.5 Å². The van der Waals surface area contributed by atoms with E-state index in [1.807, 2.05) is 0 Å². The Bertz CT molecular complexity index is 1150. The zero-order valence-corrected chi connectivity index (χ0v) is 18.0. The molecule has 0 fully saturated rings. The number of methoxy groups -OCH3 is 1. The fraction of sp³-hybridized carbons (Fsp3) is 0.217. The predicted molar refractivity (Wildman–Crippen MR) is 118 cm³/mol. The van der Waals surface area contributed by atoms with Crippen molar-refractivity contribution >= 4 is 17.3 Å². The number of aromatic nitrogens is 1. The maximum Gasteiger partial charge on any atom is 0.285 e. The van der Waals surface area contributed by atoms with E-state index in [9.17, 15) is 19.3 Å². The fourth-order valence-corrected chi connectivity index (χ4v) is 2.94. The number of amides is 1. The van der Waals surface area contributed by atoms with Crippen LogP contribution in [0.15, 0.2) is 54.7 Å². The SMILES string of the molecule is COCCOc1cccc([N+](=O)[O-])c1C(=O)Nc1cc(OCc2ncccc2F)ccc1C. The number of hydrogen-bond acceptors (Lipinski definition) is 7. The van der Waals surface area contributed by atoms with Gasteiger partial charge in [-0.1, -0.05) is 12.1 Å². The average molecular weight is 455 g/mol. The third kappa shape index (κ3) is 6.01. The Kier molecular flexibility index (Phi) is 7.87. The van der Waals surface area contributed by atoms with Crippen LogP contribution in [0.5, 0.6) is 11.5 Å². The minimum absolute atomic E-state index is 0.0643. The van der Waals surface area contributed by atoms with Crippen LogP contribution in [-0.4, -0.2) is 36.1 Å². The summed E-state index contributed by atoms with van der Waals surface area (Å²) in [5, 5.41) is 14.2. The Hall–Kier alpha value is -4.05. The number of ether oxygens (including phenoxy) is 3. The number of carbonyl (C=O) groups excluding carboxylic acids is 1. The topological polar surface area (TPSA) is 113 Å². The van der Waals surface area contributed by atoms with Gasteiger partial charge in [0, 0.05) is 31.1 Å². The van der Waals surface area contributed by atoms with E-state index in [0.717, 1.165) is 0 Å². The molecule has 9 nitrogen and oxygen atoms in total. The molecule has 0 unspecified atom stereocenters. The van der Waals surface area contributed by atoms with Gasteiger partial charge in [-0.15, -0.1) is 0 Å². The number of nitrogens with one attached hydrogen (secondary N) is 1. The largest absolute Gasteiger partial charge is 0.490 e. The van der Waals surface area contributed by atoms with E-state index in [2.05, 4.69) is 10.3 Å². The van der Waals surface area contributed by atoms with Gasteiger partial charge in [-0.3, -0.25) is 19.9 Å². The maximum absolute atomic E-state index is 13.8. The standard InChI is InChI=1S/C23H22FN3O6/c1-15-8-9-16(33-14-19-17(24)5-4-10-25-19)13-18(15)26-23(28)22-20(27(29)30)6-3-7-21(22)32-12-11-31-2/h3-10,13H,11-12,14H2,1-2H3,(H,26,28). The lowest BCUT2D eigenvalue weighted by molar-refractivity contribution is -0.385. The van der Waals surface area contributed by atoms with Crippen LogP contribution >= 0.6 is 0 Å². The number of aryl methyl sites for hydroxylation is 1. The van der Waals surface area contributed by atoms with Gasteiger partial charge < -0.3 is 19.5 Å². The summed E-state index contributed by atoms with van der Waals surface area (Å²) in [5.41, 5.74) is 0.611. The van der Waals surface area contributed by atoms with Crippen LogP contribution in [0.4, 0.5) is 15.8 Å². The number of pyridine rings is 1. The maximum atomic E-state index is 13.8. The Labute approximate surface area is 189 Å². The highest BCUT2D eigenvalue weighted by atomic mass is 19.1. The number of benzene rings is 2. The molecule has 0 saturated heterocycles. The van der Waals surface area contributed by atoms with Crippen LogP contribution in [0.3, 0.4) is 0 Å². The van der Waals surface area contributed by atoms with Crippen molar-refractivity contribution in [1.29, 1.82) is 0 Å². The molecule has 0 aliphatic rings. The monoisotopic (exact) mass is 455 g/mol. The number of halogens is 1. The molecular formula is C23H22FN3O6. The second-order valence-corrected chi connectivity index (χ2v) is 6.90. The van der Waals surface area contributed by atoms with Crippen LogP contribution in [0.25, 0.3) is 0 Å². The summed E-state index contributed by atoms with van der Waals surface area (Å²) >= 11 is 0. The second kappa shape index (κ2) is 11.0. The van der Waals surface area contributed by atoms with Gasteiger partial charge in [0.1, 0.15) is 36.2 Å². The van der Waals surface area contributed by atoms with Gasteiger partial charge in [0.25, 0.3) is 11.6 Å². The molecule has 3 aromatic rings. The van der Waals surface area contributed by atoms with Crippen molar-refractivity contribution < 1.29 is 28.3 Å². The van der Waals surface area contributed by atoms with Crippen molar-refractivity contribution in [3.05, 3.63) is 87.5 Å². The molecule has 3 rings (SSSR count). The van der Waals surface area contributed by atoms with Crippen molar-refractivity contribution in [2.75, 3.05) is 25.6 Å². The molecule has 172 valence electrons. The lowest BCUT2D eigenvalue weighted by Gasteiger charge is -2.14. The van der Waals surface area contributed by atoms with E-state index in [4.69, 9.17) is 14.2 Å². The van der Waals surface area contributed by atoms with E-state index in [-0.39, 0.29) is 36.8 Å². The first-order chi connectivity index (χ1) is 15.9. The molecular weight excluding hydrogens is 433 g/mol. The van der Waals surface area contributed by atoms with Gasteiger partial charge in [0.2, 0.25) is 0 Å². The number of nitro groups is 1. The predicted octanol–water partition coefficient (Wildman–Crippen LogP) is 4.29. The van der Waals surface area contributed by atoms with E-state index in [0.29, 0.717) is 17.0 Å². The number of hydrogen-bond donors (Lipinski definition) is 1. The molecule has 0 bridgehead atoms. The van der Waals surface area contributed by atoms with Gasteiger partial charge in [-0.25, -0.2) is 4.39 Å². The molecule has 2 aromatic carbocycles. The molecule has 0 spiro atoms. The lowest BCUT2D eigenvalue weighted by Crippen LogP contribution is -2.17. The number of nitrogens with zero attached hydrogens (tertiary/aromatic N) is 2. The first kappa shape index (κ1) is 23.6. The molecule has 1 N–H and O–H groups in total. The molecule has 33 heavy (non-hydrogen) atoms. The second-order valence-electron chi connectivity index (χ2n) is 6.90. The Balaban J connectivity index is 1.83. The van der Waals surface area contributed by atoms with E-state index in [1.54, 1.807) is 25.1 Å². The normalized spacial score (nSPS) is 10.5. The lowest BCUT2D eigenvalue weighted by atomic mass is 10.1. The minimum Gasteiger partial charge on any atom is -0.490 e. The molecule has 0 aliphatic heterocycles. The zero-order chi connectivity index (χ0) is 23.8. The molecule has 0 saturated carbocycles. The summed E-state index contributed by atoms with van der Waals surface area (Å²) in [4.78, 5) is 27.9. The van der Waals surface area contributed by atoms with Gasteiger partial charge in [0.05, 0.1) is 11.5 Å². The van der Waals surface area contributed by atoms with Gasteiger partial charge in [-0.05, 0) is 36.8 Å². The third-order valence-corrected chi connectivity index (χ3v) is 4.64. The fourth-order valence-electron chi connectivity index (χ4n) is 2.94. The highest BCUT2D eigenvalue weighted by Crippen LogP contribution is 2.31. The van der Waals surface area contributed by atoms with Crippen molar-refractivity contribution in [2.24, 2.45) is 0 Å². The molecule has 10 heteroatoms. The Morgan fingerprint density at radius 1 is 1.15 bits per heavy atom. The van der Waals surface area contributed by atoms with E-state index in [1.165, 1.54) is 43.6 Å². The molecule has 1 amide bonds. The molecule has 0 atom stereocenters. The van der Waals surface area contributed by atoms with Crippen molar-refractivity contribution in [1.82, 2.24) is 4.98 Å². The van der Waals surface area contributed by atoms with Crippen molar-refractivity contribution in [2.45, 2.75) is 13.5 Å². The molecule has 0 aliphatic carbocycles. The molecule has 1 heterocycles. The summed E-state index contributed by atoms with van der Waals surface area (Å²) in [6, 6.07) is 11.8. The zero-order valence-electron chi connectivity index (χ0n) is 18.0. The summed E-state index contributed by atoms with van der Waals surface area (Å²) in [7, 11) is 1.49. The number of carbonyl (C=O) groups is 1. The van der Waals surface area contributed by atoms with Gasteiger partial charge >= 0.3 is 0 Å². The van der Waals surface area contributed by atoms with E-state index >= 15 is 0 Å². The summed E-state index contributed by atoms with van der Waals surface area (Å²) in [6.07, 6.45) is 1.46. The van der Waals surface area contributed by atoms with Crippen LogP contribution in [0.1, 0.15) is 21.6 Å². The molecule has 1 aromatic heterocycles. The van der Waals surface area contributed by atoms with Gasteiger partial charge in [-0.2, -0.15) is 0 Å². The molecule has 0 radical (unpaired) electrons. The first-order valence-corrected chi connectivity index (χ1v) is 9.94. The van der Waals surface area contributed by atoms with Crippen LogP contribution in [0.2, 0.25) is 0 Å². The number of rotatable bonds is 10. The quantitative estimate of drug-likeness (QED) is 0.276. The summed E-state index contributed by atoms with van der Waals surface area (Å²) < 4.78 is 29.8.